The fraction of sp³-hybridized carbons (Fsp3) is 0.407. The molecule has 0 saturated carbocycles. The molecule has 0 spiro atoms. The van der Waals surface area contributed by atoms with Crippen LogP contribution in [0.4, 0.5) is 23.4 Å². The van der Waals surface area contributed by atoms with Gasteiger partial charge in [0.15, 0.2) is 11.6 Å². The number of ether oxygens (including phenoxy) is 1. The topological polar surface area (TPSA) is 105 Å². The maximum absolute atomic E-state index is 12.4. The van der Waals surface area contributed by atoms with E-state index < -0.39 is 13.0 Å². The fourth-order valence-electron chi connectivity index (χ4n) is 4.27. The predicted octanol–water partition coefficient (Wildman–Crippen LogP) is 6.06. The third kappa shape index (κ3) is 9.88. The van der Waals surface area contributed by atoms with E-state index in [9.17, 15) is 22.4 Å². The molecule has 0 aromatic carbocycles. The summed E-state index contributed by atoms with van der Waals surface area (Å²) in [4.78, 5) is 32.6. The van der Waals surface area contributed by atoms with Crippen molar-refractivity contribution in [1.29, 1.82) is 0 Å². The first kappa shape index (κ1) is 33.1. The Balaban J connectivity index is 0.000000235. The maximum Gasteiger partial charge on any atom is 0.387 e. The number of halogens is 5. The first-order chi connectivity index (χ1) is 20.1. The minimum absolute atomic E-state index is 0.00639. The van der Waals surface area contributed by atoms with Crippen LogP contribution in [-0.4, -0.2) is 76.5 Å². The average molecular weight is 628 g/mol. The molecule has 0 radical (unpaired) electrons. The zero-order valence-corrected chi connectivity index (χ0v) is 24.5. The van der Waals surface area contributed by atoms with Gasteiger partial charge in [0.1, 0.15) is 10.2 Å². The lowest BCUT2D eigenvalue weighted by Crippen LogP contribution is -2.36. The van der Waals surface area contributed by atoms with Gasteiger partial charge in [-0.2, -0.15) is 8.78 Å². The van der Waals surface area contributed by atoms with E-state index in [0.717, 1.165) is 35.4 Å². The van der Waals surface area contributed by atoms with Gasteiger partial charge in [0, 0.05) is 23.4 Å². The lowest BCUT2D eigenvalue weighted by Gasteiger charge is -2.31. The van der Waals surface area contributed by atoms with E-state index in [0.29, 0.717) is 41.8 Å². The molecule has 42 heavy (non-hydrogen) atoms. The number of pyridine rings is 2. The SMILES string of the molecule is C=Nc1ncc(C2CCN(CC(F)F)CC2)nc1SCNC=O.Cc1cc(-c2cc(Cl)ncc2OC(F)F)c(C)cn1. The van der Waals surface area contributed by atoms with Crippen LogP contribution >= 0.6 is 23.4 Å². The van der Waals surface area contributed by atoms with Crippen molar-refractivity contribution >= 4 is 42.3 Å². The molecular weight excluding hydrogens is 598 g/mol. The molecule has 0 bridgehead atoms. The molecule has 0 unspecified atom stereocenters. The van der Waals surface area contributed by atoms with E-state index in [1.54, 1.807) is 23.4 Å². The number of aromatic nitrogens is 4. The zero-order chi connectivity index (χ0) is 30.6. The highest BCUT2D eigenvalue weighted by molar-refractivity contribution is 7.99. The van der Waals surface area contributed by atoms with Crippen LogP contribution < -0.4 is 10.1 Å². The third-order valence-electron chi connectivity index (χ3n) is 6.25. The summed E-state index contributed by atoms with van der Waals surface area (Å²) >= 11 is 7.15. The summed E-state index contributed by atoms with van der Waals surface area (Å²) in [5.41, 5.74) is 3.67. The van der Waals surface area contributed by atoms with Crippen LogP contribution in [0.25, 0.3) is 11.1 Å². The highest BCUT2D eigenvalue weighted by Crippen LogP contribution is 2.34. The van der Waals surface area contributed by atoms with Gasteiger partial charge in [0.05, 0.1) is 30.5 Å². The number of carbonyl (C=O) groups excluding carboxylic acids is 1. The molecule has 0 aliphatic carbocycles. The van der Waals surface area contributed by atoms with Gasteiger partial charge in [0.25, 0.3) is 6.43 Å². The molecule has 3 aromatic heterocycles. The first-order valence-corrected chi connectivity index (χ1v) is 14.2. The van der Waals surface area contributed by atoms with Gasteiger partial charge in [-0.1, -0.05) is 23.4 Å². The standard InChI is InChI=1S/C14H19F2N5OS.C13H11ClF2N2O/c1-17-13-14(23-9-18-8-22)20-11(6-19-13)10-2-4-21(5-3-10)7-12(15)16;1-7-5-17-8(2)3-9(7)10-4-12(14)18-6-11(10)19-13(15)16/h6,8,10,12H,1-5,7,9H2,(H,18,22);3-6,13H,1-2H3. The van der Waals surface area contributed by atoms with Gasteiger partial charge in [0.2, 0.25) is 6.41 Å². The van der Waals surface area contributed by atoms with Crippen molar-refractivity contribution < 1.29 is 27.1 Å². The molecule has 1 fully saturated rings. The number of alkyl halides is 4. The van der Waals surface area contributed by atoms with E-state index in [4.69, 9.17) is 11.6 Å². The van der Waals surface area contributed by atoms with Crippen molar-refractivity contribution in [3.05, 3.63) is 52.8 Å². The predicted molar refractivity (Wildman–Crippen MR) is 154 cm³/mol. The molecule has 1 amide bonds. The lowest BCUT2D eigenvalue weighted by atomic mass is 9.94. The third-order valence-corrected chi connectivity index (χ3v) is 7.31. The molecule has 1 N–H and O–H groups in total. The van der Waals surface area contributed by atoms with Crippen molar-refractivity contribution in [3.63, 3.8) is 0 Å². The van der Waals surface area contributed by atoms with Crippen LogP contribution in [-0.2, 0) is 4.79 Å². The fourth-order valence-corrected chi connectivity index (χ4v) is 5.13. The summed E-state index contributed by atoms with van der Waals surface area (Å²) in [5, 5.41) is 3.37. The van der Waals surface area contributed by atoms with Gasteiger partial charge in [-0.3, -0.25) is 14.7 Å². The number of aliphatic imine (C=N–C) groups is 1. The van der Waals surface area contributed by atoms with Gasteiger partial charge in [-0.05, 0) is 69.8 Å². The summed E-state index contributed by atoms with van der Waals surface area (Å²) in [6.45, 7) is 5.30. The molecule has 9 nitrogen and oxygen atoms in total. The van der Waals surface area contributed by atoms with Crippen LogP contribution in [0.15, 0.2) is 40.7 Å². The van der Waals surface area contributed by atoms with Crippen LogP contribution in [0.5, 0.6) is 5.75 Å². The minimum Gasteiger partial charge on any atom is -0.433 e. The average Bonchev–Trinajstić information content (AvgIpc) is 2.95. The Morgan fingerprint density at radius 1 is 1.14 bits per heavy atom. The molecule has 1 saturated heterocycles. The number of nitrogens with zero attached hydrogens (tertiary/aromatic N) is 6. The van der Waals surface area contributed by atoms with E-state index in [1.807, 2.05) is 13.8 Å². The van der Waals surface area contributed by atoms with Crippen LogP contribution in [0, 0.1) is 13.8 Å². The Morgan fingerprint density at radius 3 is 2.52 bits per heavy atom. The van der Waals surface area contributed by atoms with E-state index in [2.05, 4.69) is 41.7 Å². The lowest BCUT2D eigenvalue weighted by molar-refractivity contribution is -0.109. The Labute approximate surface area is 250 Å². The second-order valence-electron chi connectivity index (χ2n) is 9.18. The molecule has 1 aliphatic heterocycles. The number of hydrogen-bond acceptors (Lipinski definition) is 9. The summed E-state index contributed by atoms with van der Waals surface area (Å²) in [7, 11) is 0. The summed E-state index contributed by atoms with van der Waals surface area (Å²) in [5.74, 6) is 1.00. The highest BCUT2D eigenvalue weighted by atomic mass is 35.5. The summed E-state index contributed by atoms with van der Waals surface area (Å²) < 4.78 is 54.1. The minimum atomic E-state index is -2.91. The Kier molecular flexibility index (Phi) is 12.9. The van der Waals surface area contributed by atoms with Crippen molar-refractivity contribution in [2.75, 3.05) is 25.5 Å². The number of carbonyl (C=O) groups is 1. The smallest absolute Gasteiger partial charge is 0.387 e. The molecule has 1 aliphatic rings. The Morgan fingerprint density at radius 2 is 1.88 bits per heavy atom. The molecule has 4 heterocycles. The summed E-state index contributed by atoms with van der Waals surface area (Å²) in [6.07, 6.45) is 4.42. The quantitative estimate of drug-likeness (QED) is 0.0520. The van der Waals surface area contributed by atoms with Gasteiger partial charge in [-0.15, -0.1) is 0 Å². The van der Waals surface area contributed by atoms with Crippen LogP contribution in [0.3, 0.4) is 0 Å². The maximum atomic E-state index is 12.4. The van der Waals surface area contributed by atoms with Crippen LogP contribution in [0.2, 0.25) is 5.15 Å². The molecule has 3 aromatic rings. The Bertz CT molecular complexity index is 1350. The second kappa shape index (κ2) is 16.3. The van der Waals surface area contributed by atoms with E-state index in [-0.39, 0.29) is 23.4 Å². The van der Waals surface area contributed by atoms with Crippen molar-refractivity contribution in [2.24, 2.45) is 4.99 Å². The molecule has 4 rings (SSSR count). The molecule has 0 atom stereocenters. The molecule has 226 valence electrons. The molecular formula is C27H30ClF4N7O2S. The number of aryl methyl sites for hydroxylation is 2. The number of likely N-dealkylation sites (tertiary alicyclic amines) is 1. The second-order valence-corrected chi connectivity index (χ2v) is 10.5. The number of hydrogen-bond donors (Lipinski definition) is 1. The largest absolute Gasteiger partial charge is 0.433 e. The van der Waals surface area contributed by atoms with Gasteiger partial charge < -0.3 is 10.1 Å². The normalized spacial score (nSPS) is 13.9. The van der Waals surface area contributed by atoms with Crippen molar-refractivity contribution in [1.82, 2.24) is 30.2 Å². The van der Waals surface area contributed by atoms with Gasteiger partial charge >= 0.3 is 6.61 Å². The number of thioether (sulfide) groups is 1. The van der Waals surface area contributed by atoms with E-state index in [1.165, 1.54) is 24.0 Å². The number of rotatable bonds is 11. The first-order valence-electron chi connectivity index (χ1n) is 12.8. The Hall–Kier alpha value is -3.36. The summed E-state index contributed by atoms with van der Waals surface area (Å²) in [6, 6.07) is 3.29. The number of nitrogens with one attached hydrogen (secondary N) is 1. The van der Waals surface area contributed by atoms with E-state index >= 15 is 0 Å². The molecule has 15 heteroatoms. The number of amides is 1. The monoisotopic (exact) mass is 627 g/mol. The zero-order valence-electron chi connectivity index (χ0n) is 22.9. The van der Waals surface area contributed by atoms with Gasteiger partial charge in [-0.25, -0.2) is 28.7 Å². The number of piperidine rings is 1. The van der Waals surface area contributed by atoms with Crippen molar-refractivity contribution in [2.45, 2.75) is 50.7 Å². The van der Waals surface area contributed by atoms with Crippen molar-refractivity contribution in [3.8, 4) is 16.9 Å². The van der Waals surface area contributed by atoms with Crippen LogP contribution in [0.1, 0.15) is 35.7 Å². The highest BCUT2D eigenvalue weighted by Gasteiger charge is 2.24.